The van der Waals surface area contributed by atoms with Crippen LogP contribution in [0.15, 0.2) is 60.8 Å². The average Bonchev–Trinajstić information content (AvgIpc) is 2.60. The largest absolute Gasteiger partial charge is 0.493 e. The molecule has 0 amide bonds. The number of hydrogen-bond donors (Lipinski definition) is 0. The van der Waals surface area contributed by atoms with Crippen molar-refractivity contribution in [2.24, 2.45) is 0 Å². The first-order valence-electron chi connectivity index (χ1n) is 7.06. The summed E-state index contributed by atoms with van der Waals surface area (Å²) < 4.78 is 43.2. The predicted molar refractivity (Wildman–Crippen MR) is 83.7 cm³/mol. The Morgan fingerprint density at radius 2 is 1.54 bits per heavy atom. The Labute approximate surface area is 137 Å². The molecule has 0 saturated heterocycles. The van der Waals surface area contributed by atoms with Gasteiger partial charge in [-0.25, -0.2) is 4.98 Å². The van der Waals surface area contributed by atoms with Crippen molar-refractivity contribution in [3.8, 4) is 28.7 Å². The monoisotopic (exact) mass is 329 g/mol. The van der Waals surface area contributed by atoms with Crippen LogP contribution in [0.25, 0.3) is 0 Å². The summed E-state index contributed by atoms with van der Waals surface area (Å²) in [5.74, 6) is -0.900. The molecule has 1 heterocycles. The number of methoxy groups -OCH3 is 1. The van der Waals surface area contributed by atoms with E-state index in [-0.39, 0.29) is 11.5 Å². The molecule has 0 N–H and O–H groups in total. The van der Waals surface area contributed by atoms with Gasteiger partial charge in [0.15, 0.2) is 17.2 Å². The van der Waals surface area contributed by atoms with Gasteiger partial charge in [0.25, 0.3) is 5.95 Å². The third kappa shape index (κ3) is 3.43. The van der Waals surface area contributed by atoms with Crippen molar-refractivity contribution in [1.82, 2.24) is 4.98 Å². The van der Waals surface area contributed by atoms with E-state index < -0.39 is 11.8 Å². The molecule has 0 fully saturated rings. The van der Waals surface area contributed by atoms with E-state index in [9.17, 15) is 8.78 Å². The van der Waals surface area contributed by atoms with Crippen LogP contribution in [0.1, 0.15) is 0 Å². The van der Waals surface area contributed by atoms with Crippen LogP contribution in [0.3, 0.4) is 0 Å². The maximum Gasteiger partial charge on any atom is 0.252 e. The Kier molecular flexibility index (Phi) is 4.56. The Bertz CT molecular complexity index is 841. The zero-order chi connectivity index (χ0) is 16.9. The molecule has 1 aromatic heterocycles. The van der Waals surface area contributed by atoms with Crippen LogP contribution >= 0.6 is 0 Å². The lowest BCUT2D eigenvalue weighted by Crippen LogP contribution is -1.95. The lowest BCUT2D eigenvalue weighted by atomic mass is 10.3. The minimum absolute atomic E-state index is 0.265. The molecule has 0 aliphatic heterocycles. The molecule has 3 rings (SSSR count). The molecule has 0 spiro atoms. The summed E-state index contributed by atoms with van der Waals surface area (Å²) in [6.07, 6.45) is 1.12. The number of nitrogens with zero attached hydrogens (tertiary/aromatic N) is 1. The molecular weight excluding hydrogens is 316 g/mol. The lowest BCUT2D eigenvalue weighted by Gasteiger charge is -2.13. The highest BCUT2D eigenvalue weighted by Gasteiger charge is 2.13. The minimum Gasteiger partial charge on any atom is -0.493 e. The minimum atomic E-state index is -1.22. The summed E-state index contributed by atoms with van der Waals surface area (Å²) in [5, 5.41) is 0. The van der Waals surface area contributed by atoms with Crippen molar-refractivity contribution in [3.63, 3.8) is 0 Å². The molecule has 0 atom stereocenters. The molecular formula is C18H13F2NO3. The van der Waals surface area contributed by atoms with Gasteiger partial charge < -0.3 is 14.2 Å². The summed E-state index contributed by atoms with van der Waals surface area (Å²) in [5.41, 5.74) is 0. The number of pyridine rings is 1. The molecule has 0 aliphatic rings. The van der Waals surface area contributed by atoms with E-state index in [4.69, 9.17) is 14.2 Å². The van der Waals surface area contributed by atoms with Crippen molar-refractivity contribution in [3.05, 3.63) is 72.6 Å². The number of para-hydroxylation sites is 1. The highest BCUT2D eigenvalue weighted by atomic mass is 19.2. The number of ether oxygens (including phenoxy) is 3. The molecule has 6 heteroatoms. The van der Waals surface area contributed by atoms with Gasteiger partial charge in [-0.15, -0.1) is 0 Å². The van der Waals surface area contributed by atoms with E-state index in [2.05, 4.69) is 4.98 Å². The zero-order valence-electron chi connectivity index (χ0n) is 12.7. The molecule has 2 aromatic carbocycles. The smallest absolute Gasteiger partial charge is 0.252 e. The molecule has 3 aromatic rings. The number of benzene rings is 2. The van der Waals surface area contributed by atoms with Crippen molar-refractivity contribution in [1.29, 1.82) is 0 Å². The maximum atomic E-state index is 13.7. The van der Waals surface area contributed by atoms with Gasteiger partial charge in [0, 0.05) is 18.3 Å². The van der Waals surface area contributed by atoms with Crippen LogP contribution in [0.4, 0.5) is 8.78 Å². The second-order valence-electron chi connectivity index (χ2n) is 4.74. The second-order valence-corrected chi connectivity index (χ2v) is 4.74. The number of rotatable bonds is 5. The van der Waals surface area contributed by atoms with E-state index >= 15 is 0 Å². The fraction of sp³-hybridized carbons (Fsp3) is 0.0556. The number of aromatic nitrogens is 1. The van der Waals surface area contributed by atoms with E-state index in [1.807, 2.05) is 18.2 Å². The first-order chi connectivity index (χ1) is 11.7. The zero-order valence-corrected chi connectivity index (χ0v) is 12.7. The fourth-order valence-electron chi connectivity index (χ4n) is 2.02. The van der Waals surface area contributed by atoms with E-state index in [1.165, 1.54) is 19.2 Å². The molecule has 0 saturated carbocycles. The molecule has 0 aliphatic carbocycles. The van der Waals surface area contributed by atoms with E-state index in [0.717, 1.165) is 6.20 Å². The van der Waals surface area contributed by atoms with Gasteiger partial charge in [0.1, 0.15) is 11.5 Å². The lowest BCUT2D eigenvalue weighted by molar-refractivity contribution is 0.372. The van der Waals surface area contributed by atoms with Crippen LogP contribution in [-0.2, 0) is 0 Å². The molecule has 24 heavy (non-hydrogen) atoms. The predicted octanol–water partition coefficient (Wildman–Crippen LogP) is 4.95. The fourth-order valence-corrected chi connectivity index (χ4v) is 2.02. The Morgan fingerprint density at radius 3 is 2.29 bits per heavy atom. The summed E-state index contributed by atoms with van der Waals surface area (Å²) in [7, 11) is 1.51. The summed E-state index contributed by atoms with van der Waals surface area (Å²) >= 11 is 0. The van der Waals surface area contributed by atoms with E-state index in [0.29, 0.717) is 17.2 Å². The summed E-state index contributed by atoms with van der Waals surface area (Å²) in [6.45, 7) is 0. The first kappa shape index (κ1) is 15.7. The third-order valence-electron chi connectivity index (χ3n) is 3.15. The van der Waals surface area contributed by atoms with Crippen LogP contribution in [0.2, 0.25) is 0 Å². The number of hydrogen-bond acceptors (Lipinski definition) is 4. The first-order valence-corrected chi connectivity index (χ1v) is 7.06. The van der Waals surface area contributed by atoms with Crippen molar-refractivity contribution in [2.45, 2.75) is 0 Å². The van der Waals surface area contributed by atoms with Gasteiger partial charge in [0.2, 0.25) is 5.82 Å². The Hall–Kier alpha value is -3.15. The van der Waals surface area contributed by atoms with Gasteiger partial charge in [-0.2, -0.15) is 8.78 Å². The van der Waals surface area contributed by atoms with Gasteiger partial charge in [-0.1, -0.05) is 18.2 Å². The van der Waals surface area contributed by atoms with Crippen LogP contribution in [0, 0.1) is 11.8 Å². The topological polar surface area (TPSA) is 40.6 Å². The van der Waals surface area contributed by atoms with Gasteiger partial charge >= 0.3 is 0 Å². The normalized spacial score (nSPS) is 10.3. The average molecular weight is 329 g/mol. The highest BCUT2D eigenvalue weighted by Crippen LogP contribution is 2.36. The van der Waals surface area contributed by atoms with Crippen molar-refractivity contribution in [2.75, 3.05) is 7.11 Å². The Morgan fingerprint density at radius 1 is 0.792 bits per heavy atom. The SMILES string of the molecule is COc1ccc(Oc2ccnc(F)c2F)cc1Oc1ccccc1. The van der Waals surface area contributed by atoms with E-state index in [1.54, 1.807) is 24.3 Å². The van der Waals surface area contributed by atoms with Gasteiger partial charge in [0.05, 0.1) is 7.11 Å². The van der Waals surface area contributed by atoms with Crippen molar-refractivity contribution < 1.29 is 23.0 Å². The summed E-state index contributed by atoms with van der Waals surface area (Å²) in [6, 6.07) is 15.0. The molecule has 0 unspecified atom stereocenters. The van der Waals surface area contributed by atoms with Crippen LogP contribution in [-0.4, -0.2) is 12.1 Å². The standard InChI is InChI=1S/C18H13F2NO3/c1-22-14-8-7-13(24-15-9-10-21-18(20)17(15)19)11-16(14)23-12-5-3-2-4-6-12/h2-11H,1H3. The second kappa shape index (κ2) is 6.95. The number of halogens is 2. The molecule has 0 radical (unpaired) electrons. The quantitative estimate of drug-likeness (QED) is 0.621. The summed E-state index contributed by atoms with van der Waals surface area (Å²) in [4.78, 5) is 3.22. The Balaban J connectivity index is 1.90. The third-order valence-corrected chi connectivity index (χ3v) is 3.15. The molecule has 4 nitrogen and oxygen atoms in total. The van der Waals surface area contributed by atoms with Crippen LogP contribution < -0.4 is 14.2 Å². The molecule has 122 valence electrons. The molecule has 0 bridgehead atoms. The highest BCUT2D eigenvalue weighted by molar-refractivity contribution is 5.48. The van der Waals surface area contributed by atoms with Gasteiger partial charge in [-0.05, 0) is 24.3 Å². The maximum absolute atomic E-state index is 13.7. The van der Waals surface area contributed by atoms with Crippen molar-refractivity contribution >= 4 is 0 Å². The van der Waals surface area contributed by atoms with Gasteiger partial charge in [-0.3, -0.25) is 0 Å². The van der Waals surface area contributed by atoms with Crippen LogP contribution in [0.5, 0.6) is 28.7 Å².